The molecule has 0 aliphatic carbocycles. The summed E-state index contributed by atoms with van der Waals surface area (Å²) in [4.78, 5) is 24.2. The molecule has 10 nitrogen and oxygen atoms in total. The Morgan fingerprint density at radius 2 is 1.96 bits per heavy atom. The number of phenolic OH excluding ortho intramolecular Hbond substituents is 1. The number of nitrogens with zero attached hydrogens (tertiary/aromatic N) is 5. The summed E-state index contributed by atoms with van der Waals surface area (Å²) >= 11 is 0. The van der Waals surface area contributed by atoms with Crippen LogP contribution >= 0.6 is 0 Å². The SMILES string of the molecule is CCc1c(F)ccc2cc(O)cc(-c3c(F)cc4c(C5NCCCn6nc(C(=O)NC)c(C)c65)nc(OC[C@@]56CCCN5C[C@H](F)C6)nc4c3F)c12. The van der Waals surface area contributed by atoms with Gasteiger partial charge in [0.15, 0.2) is 11.5 Å². The molecular formula is C38H39F4N7O3. The highest BCUT2D eigenvalue weighted by molar-refractivity contribution is 6.02. The predicted molar refractivity (Wildman–Crippen MR) is 187 cm³/mol. The van der Waals surface area contributed by atoms with E-state index in [1.165, 1.54) is 31.3 Å². The summed E-state index contributed by atoms with van der Waals surface area (Å²) in [5, 5.41) is 22.1. The Morgan fingerprint density at radius 1 is 1.13 bits per heavy atom. The summed E-state index contributed by atoms with van der Waals surface area (Å²) in [6.07, 6.45) is 1.80. The summed E-state index contributed by atoms with van der Waals surface area (Å²) in [6, 6.07) is 5.57. The lowest BCUT2D eigenvalue weighted by molar-refractivity contribution is 0.0956. The molecule has 2 fully saturated rings. The zero-order chi connectivity index (χ0) is 36.5. The van der Waals surface area contributed by atoms with E-state index in [9.17, 15) is 14.3 Å². The highest BCUT2D eigenvalue weighted by atomic mass is 19.1. The van der Waals surface area contributed by atoms with Crippen molar-refractivity contribution in [2.75, 3.05) is 33.3 Å². The molecule has 1 unspecified atom stereocenters. The van der Waals surface area contributed by atoms with Gasteiger partial charge in [-0.25, -0.2) is 17.6 Å². The number of carbonyl (C=O) groups is 1. The van der Waals surface area contributed by atoms with Gasteiger partial charge in [-0.05, 0) is 91.9 Å². The Morgan fingerprint density at radius 3 is 2.75 bits per heavy atom. The van der Waals surface area contributed by atoms with Gasteiger partial charge in [0.1, 0.15) is 35.7 Å². The fourth-order valence-corrected chi connectivity index (χ4v) is 8.65. The predicted octanol–water partition coefficient (Wildman–Crippen LogP) is 6.04. The van der Waals surface area contributed by atoms with E-state index in [0.29, 0.717) is 49.1 Å². The van der Waals surface area contributed by atoms with Crippen LogP contribution in [0.2, 0.25) is 0 Å². The number of phenols is 1. The number of halogens is 4. The van der Waals surface area contributed by atoms with Gasteiger partial charge in [0.05, 0.1) is 28.5 Å². The zero-order valence-corrected chi connectivity index (χ0v) is 29.1. The number of carbonyl (C=O) groups excluding carboxylic acids is 1. The normalized spacial score (nSPS) is 21.8. The van der Waals surface area contributed by atoms with Crippen LogP contribution < -0.4 is 15.4 Å². The second-order valence-corrected chi connectivity index (χ2v) is 14.1. The molecule has 52 heavy (non-hydrogen) atoms. The number of ether oxygens (including phenoxy) is 1. The minimum Gasteiger partial charge on any atom is -0.508 e. The average Bonchev–Trinajstić information content (AvgIpc) is 3.70. The van der Waals surface area contributed by atoms with Gasteiger partial charge >= 0.3 is 6.01 Å². The van der Waals surface area contributed by atoms with E-state index in [1.807, 2.05) is 0 Å². The topological polar surface area (TPSA) is 117 Å². The maximum atomic E-state index is 17.2. The van der Waals surface area contributed by atoms with E-state index in [0.717, 1.165) is 25.5 Å². The highest BCUT2D eigenvalue weighted by Crippen LogP contribution is 2.43. The van der Waals surface area contributed by atoms with Crippen LogP contribution in [0.1, 0.15) is 71.7 Å². The number of alkyl halides is 1. The number of rotatable bonds is 7. The number of amides is 1. The van der Waals surface area contributed by atoms with E-state index >= 15 is 13.2 Å². The van der Waals surface area contributed by atoms with Gasteiger partial charge in [0.2, 0.25) is 0 Å². The molecule has 3 aliphatic heterocycles. The molecule has 8 rings (SSSR count). The third-order valence-electron chi connectivity index (χ3n) is 11.0. The molecule has 272 valence electrons. The quantitative estimate of drug-likeness (QED) is 0.175. The van der Waals surface area contributed by atoms with E-state index in [1.54, 1.807) is 18.5 Å². The Kier molecular flexibility index (Phi) is 8.56. The molecule has 3 atom stereocenters. The molecule has 5 heterocycles. The Labute approximate surface area is 297 Å². The monoisotopic (exact) mass is 717 g/mol. The van der Waals surface area contributed by atoms with Crippen LogP contribution in [0.5, 0.6) is 11.8 Å². The Bertz CT molecular complexity index is 2260. The van der Waals surface area contributed by atoms with Crippen LogP contribution in [0.3, 0.4) is 0 Å². The number of benzene rings is 3. The molecule has 3 N–H and O–H groups in total. The van der Waals surface area contributed by atoms with Gasteiger partial charge in [0, 0.05) is 37.5 Å². The first kappa shape index (κ1) is 34.3. The molecule has 5 aromatic rings. The largest absolute Gasteiger partial charge is 0.508 e. The standard InChI is InChI=1S/C38H39F4N7O3/c1-4-23-26(40)8-7-20-13-22(50)14-24(28(20)23)29-27(41)15-25-32(30(29)42)45-37(52-18-38-9-5-11-48(38)17-21(39)16-38)46-33(25)34-35-19(2)31(36(51)43-3)47-49(35)12-6-10-44-34/h7-8,13-15,21,34,44,50H,4-6,9-12,16-18H2,1-3H3,(H,43,51)/t21-,34?,38+/m1/s1. The molecular weight excluding hydrogens is 678 g/mol. The Hall–Kier alpha value is -4.82. The van der Waals surface area contributed by atoms with Gasteiger partial charge < -0.3 is 20.5 Å². The minimum absolute atomic E-state index is 0.0250. The summed E-state index contributed by atoms with van der Waals surface area (Å²) in [7, 11) is 1.51. The smallest absolute Gasteiger partial charge is 0.317 e. The van der Waals surface area contributed by atoms with Crippen molar-refractivity contribution in [2.45, 2.75) is 70.2 Å². The summed E-state index contributed by atoms with van der Waals surface area (Å²) < 4.78 is 71.6. The lowest BCUT2D eigenvalue weighted by Gasteiger charge is -2.31. The van der Waals surface area contributed by atoms with Crippen LogP contribution in [-0.2, 0) is 13.0 Å². The van der Waals surface area contributed by atoms with E-state index in [-0.39, 0.29) is 69.5 Å². The van der Waals surface area contributed by atoms with Crippen molar-refractivity contribution in [3.05, 3.63) is 76.0 Å². The van der Waals surface area contributed by atoms with Gasteiger partial charge in [-0.3, -0.25) is 14.4 Å². The molecule has 3 aliphatic rings. The molecule has 0 saturated carbocycles. The maximum absolute atomic E-state index is 17.2. The van der Waals surface area contributed by atoms with Crippen LogP contribution in [0, 0.1) is 24.4 Å². The maximum Gasteiger partial charge on any atom is 0.317 e. The number of nitrogens with one attached hydrogen (secondary N) is 2. The second kappa shape index (κ2) is 13.0. The van der Waals surface area contributed by atoms with Gasteiger partial charge in [-0.15, -0.1) is 0 Å². The molecule has 0 radical (unpaired) electrons. The molecule has 3 aromatic carbocycles. The molecule has 14 heteroatoms. The number of fused-ring (bicyclic) bond motifs is 4. The summed E-state index contributed by atoms with van der Waals surface area (Å²) in [5.74, 6) is -3.17. The molecule has 2 saturated heterocycles. The van der Waals surface area contributed by atoms with Gasteiger partial charge in [-0.1, -0.05) is 13.0 Å². The molecule has 2 aromatic heterocycles. The fraction of sp³-hybridized carbons (Fsp3) is 0.421. The lowest BCUT2D eigenvalue weighted by atomic mass is 9.91. The van der Waals surface area contributed by atoms with Crippen molar-refractivity contribution in [3.8, 4) is 22.9 Å². The van der Waals surface area contributed by atoms with Crippen molar-refractivity contribution in [1.29, 1.82) is 0 Å². The molecule has 1 amide bonds. The number of hydrogen-bond acceptors (Lipinski definition) is 8. The second-order valence-electron chi connectivity index (χ2n) is 14.1. The Balaban J connectivity index is 1.36. The van der Waals surface area contributed by atoms with Crippen molar-refractivity contribution in [2.24, 2.45) is 0 Å². The lowest BCUT2D eigenvalue weighted by Crippen LogP contribution is -2.43. The summed E-state index contributed by atoms with van der Waals surface area (Å²) in [5.41, 5.74) is 0.537. The van der Waals surface area contributed by atoms with E-state index in [4.69, 9.17) is 9.72 Å². The first-order valence-corrected chi connectivity index (χ1v) is 17.7. The number of aryl methyl sites for hydroxylation is 2. The zero-order valence-electron chi connectivity index (χ0n) is 29.1. The highest BCUT2D eigenvalue weighted by Gasteiger charge is 2.49. The van der Waals surface area contributed by atoms with Crippen LogP contribution in [0.25, 0.3) is 32.8 Å². The number of aromatic hydroxyl groups is 1. The number of hydrogen-bond donors (Lipinski definition) is 3. The third kappa shape index (κ3) is 5.45. The van der Waals surface area contributed by atoms with Crippen LogP contribution in [0.15, 0.2) is 30.3 Å². The van der Waals surface area contributed by atoms with Crippen molar-refractivity contribution >= 4 is 27.6 Å². The van der Waals surface area contributed by atoms with E-state index < -0.39 is 40.8 Å². The first-order chi connectivity index (χ1) is 25.0. The first-order valence-electron chi connectivity index (χ1n) is 17.7. The minimum atomic E-state index is -1.04. The van der Waals surface area contributed by atoms with Crippen molar-refractivity contribution < 1.29 is 32.2 Å². The van der Waals surface area contributed by atoms with Crippen LogP contribution in [0.4, 0.5) is 17.6 Å². The third-order valence-corrected chi connectivity index (χ3v) is 11.0. The van der Waals surface area contributed by atoms with Gasteiger partial charge in [-0.2, -0.15) is 15.1 Å². The molecule has 0 spiro atoms. The van der Waals surface area contributed by atoms with E-state index in [2.05, 4.69) is 25.6 Å². The fourth-order valence-electron chi connectivity index (χ4n) is 8.65. The number of aromatic nitrogens is 4. The van der Waals surface area contributed by atoms with Crippen LogP contribution in [-0.4, -0.2) is 80.7 Å². The average molecular weight is 718 g/mol. The van der Waals surface area contributed by atoms with Crippen molar-refractivity contribution in [1.82, 2.24) is 35.3 Å². The van der Waals surface area contributed by atoms with Crippen molar-refractivity contribution in [3.63, 3.8) is 0 Å². The summed E-state index contributed by atoms with van der Waals surface area (Å²) in [6.45, 7) is 5.62. The molecule has 0 bridgehead atoms. The van der Waals surface area contributed by atoms with Gasteiger partial charge in [0.25, 0.3) is 5.91 Å².